The molecule has 1 aliphatic heterocycles. The van der Waals surface area contributed by atoms with Crippen molar-refractivity contribution in [2.24, 2.45) is 0 Å². The average Bonchev–Trinajstić information content (AvgIpc) is 3.07. The zero-order valence-electron chi connectivity index (χ0n) is 17.4. The number of nitrogens with one attached hydrogen (secondary N) is 1. The molecule has 1 saturated heterocycles. The van der Waals surface area contributed by atoms with Crippen LogP contribution in [-0.2, 0) is 16.4 Å². The van der Waals surface area contributed by atoms with Crippen molar-refractivity contribution in [1.29, 1.82) is 0 Å². The third kappa shape index (κ3) is 4.82. The maximum atomic E-state index is 13.4. The summed E-state index contributed by atoms with van der Waals surface area (Å²) in [4.78, 5) is 11.6. The Morgan fingerprint density at radius 3 is 2.34 bits per heavy atom. The Labute approximate surface area is 184 Å². The van der Waals surface area contributed by atoms with Crippen LogP contribution in [0.2, 0.25) is 0 Å². The first-order valence-corrected chi connectivity index (χ1v) is 12.1. The molecule has 1 fully saturated rings. The van der Waals surface area contributed by atoms with E-state index in [9.17, 15) is 26.4 Å². The lowest BCUT2D eigenvalue weighted by atomic mass is 10.1. The number of benzene rings is 2. The van der Waals surface area contributed by atoms with Gasteiger partial charge in [0, 0.05) is 28.4 Å². The third-order valence-corrected chi connectivity index (χ3v) is 7.50. The Morgan fingerprint density at radius 2 is 1.75 bits per heavy atom. The fourth-order valence-electron chi connectivity index (χ4n) is 4.13. The topological polar surface area (TPSA) is 68.2 Å². The second-order valence-electron chi connectivity index (χ2n) is 8.17. The maximum Gasteiger partial charge on any atom is 0.406 e. The minimum absolute atomic E-state index is 0.0617. The lowest BCUT2D eigenvalue weighted by Gasteiger charge is -2.24. The molecule has 0 bridgehead atoms. The van der Waals surface area contributed by atoms with Gasteiger partial charge in [-0.05, 0) is 43.5 Å². The van der Waals surface area contributed by atoms with E-state index in [1.54, 1.807) is 48.5 Å². The molecule has 32 heavy (non-hydrogen) atoms. The number of halogens is 3. The Kier molecular flexibility index (Phi) is 5.79. The summed E-state index contributed by atoms with van der Waals surface area (Å²) in [5, 5.41) is 3.97. The molecule has 9 heteroatoms. The van der Waals surface area contributed by atoms with Gasteiger partial charge in [-0.25, -0.2) is 8.42 Å². The molecule has 4 rings (SSSR count). The molecule has 170 valence electrons. The van der Waals surface area contributed by atoms with Gasteiger partial charge in [-0.2, -0.15) is 13.2 Å². The molecule has 0 spiro atoms. The first-order chi connectivity index (χ1) is 15.0. The average molecular weight is 465 g/mol. The lowest BCUT2D eigenvalue weighted by Crippen LogP contribution is -2.32. The summed E-state index contributed by atoms with van der Waals surface area (Å²) >= 11 is 0. The predicted octanol–water partition coefficient (Wildman–Crippen LogP) is 5.06. The number of ketones is 1. The highest BCUT2D eigenvalue weighted by molar-refractivity contribution is 7.91. The van der Waals surface area contributed by atoms with Gasteiger partial charge < -0.3 is 9.88 Å². The molecule has 0 amide bonds. The van der Waals surface area contributed by atoms with E-state index in [0.717, 1.165) is 0 Å². The maximum absolute atomic E-state index is 13.4. The van der Waals surface area contributed by atoms with Crippen LogP contribution in [0.4, 0.5) is 18.9 Å². The molecule has 0 radical (unpaired) electrons. The third-order valence-electron chi connectivity index (χ3n) is 5.78. The number of hydrogen-bond acceptors (Lipinski definition) is 4. The van der Waals surface area contributed by atoms with Crippen molar-refractivity contribution in [1.82, 2.24) is 4.57 Å². The van der Waals surface area contributed by atoms with Gasteiger partial charge in [-0.15, -0.1) is 0 Å². The number of sulfone groups is 1. The number of fused-ring (bicyclic) bond motifs is 1. The van der Waals surface area contributed by atoms with Crippen LogP contribution in [0, 0.1) is 0 Å². The first-order valence-electron chi connectivity index (χ1n) is 10.3. The van der Waals surface area contributed by atoms with Gasteiger partial charge in [0.2, 0.25) is 0 Å². The molecular formula is C23H23F3N2O3S. The van der Waals surface area contributed by atoms with Crippen LogP contribution in [0.25, 0.3) is 22.2 Å². The molecule has 1 aliphatic rings. The standard InChI is InChI=1S/C23H23F3N2O3S/c1-15(29)16-5-7-17(8-6-16)22-13-19-20(27-18-9-11-32(30,31)12-10-18)3-2-4-21(19)28(22)14-23(24,25)26/h2-8,13,18,27H,9-12,14H2,1H3. The number of rotatable bonds is 5. The molecule has 0 aliphatic carbocycles. The molecule has 2 heterocycles. The van der Waals surface area contributed by atoms with E-state index in [1.165, 1.54) is 11.5 Å². The SMILES string of the molecule is CC(=O)c1ccc(-c2cc3c(NC4CCS(=O)(=O)CC4)cccc3n2CC(F)(F)F)cc1. The van der Waals surface area contributed by atoms with Crippen molar-refractivity contribution < 1.29 is 26.4 Å². The molecule has 0 unspecified atom stereocenters. The summed E-state index contributed by atoms with van der Waals surface area (Å²) in [6.45, 7) is 0.287. The van der Waals surface area contributed by atoms with Crippen molar-refractivity contribution >= 4 is 32.2 Å². The van der Waals surface area contributed by atoms with Crippen LogP contribution in [0.15, 0.2) is 48.5 Å². The summed E-state index contributed by atoms with van der Waals surface area (Å²) in [5.41, 5.74) is 2.57. The molecule has 2 aromatic carbocycles. The van der Waals surface area contributed by atoms with Crippen LogP contribution in [-0.4, -0.2) is 42.5 Å². The normalized spacial score (nSPS) is 16.9. The predicted molar refractivity (Wildman–Crippen MR) is 119 cm³/mol. The molecule has 5 nitrogen and oxygen atoms in total. The zero-order chi connectivity index (χ0) is 23.1. The quantitative estimate of drug-likeness (QED) is 0.536. The number of nitrogens with zero attached hydrogens (tertiary/aromatic N) is 1. The smallest absolute Gasteiger partial charge is 0.382 e. The second kappa shape index (κ2) is 8.27. The highest BCUT2D eigenvalue weighted by Crippen LogP contribution is 2.35. The van der Waals surface area contributed by atoms with Gasteiger partial charge in [0.25, 0.3) is 0 Å². The molecule has 0 atom stereocenters. The van der Waals surface area contributed by atoms with Crippen molar-refractivity contribution in [3.63, 3.8) is 0 Å². The number of carbonyl (C=O) groups is 1. The summed E-state index contributed by atoms with van der Waals surface area (Å²) in [6, 6.07) is 13.3. The van der Waals surface area contributed by atoms with E-state index in [1.807, 2.05) is 0 Å². The number of Topliss-reactive ketones (excluding diaryl/α,β-unsaturated/α-hetero) is 1. The van der Waals surface area contributed by atoms with Crippen LogP contribution in [0.1, 0.15) is 30.1 Å². The molecular weight excluding hydrogens is 441 g/mol. The number of aromatic nitrogens is 1. The van der Waals surface area contributed by atoms with E-state index >= 15 is 0 Å². The fourth-order valence-corrected chi connectivity index (χ4v) is 5.62. The van der Waals surface area contributed by atoms with Gasteiger partial charge >= 0.3 is 6.18 Å². The summed E-state index contributed by atoms with van der Waals surface area (Å²) in [5.74, 6) is 0.0841. The van der Waals surface area contributed by atoms with Crippen LogP contribution >= 0.6 is 0 Å². The minimum atomic E-state index is -4.42. The summed E-state index contributed by atoms with van der Waals surface area (Å²) in [7, 11) is -3.01. The molecule has 3 aromatic rings. The number of carbonyl (C=O) groups excluding carboxylic acids is 1. The first kappa shape index (κ1) is 22.4. The highest BCUT2D eigenvalue weighted by Gasteiger charge is 2.31. The summed E-state index contributed by atoms with van der Waals surface area (Å²) in [6.07, 6.45) is -3.50. The van der Waals surface area contributed by atoms with Crippen LogP contribution < -0.4 is 5.32 Å². The van der Waals surface area contributed by atoms with Gasteiger partial charge in [-0.3, -0.25) is 4.79 Å². The van der Waals surface area contributed by atoms with Gasteiger partial charge in [0.05, 0.1) is 17.0 Å². The van der Waals surface area contributed by atoms with E-state index in [-0.39, 0.29) is 23.3 Å². The molecule has 1 N–H and O–H groups in total. The van der Waals surface area contributed by atoms with E-state index in [2.05, 4.69) is 5.32 Å². The van der Waals surface area contributed by atoms with Crippen molar-refractivity contribution in [2.45, 2.75) is 38.5 Å². The minimum Gasteiger partial charge on any atom is -0.382 e. The largest absolute Gasteiger partial charge is 0.406 e. The lowest BCUT2D eigenvalue weighted by molar-refractivity contribution is -0.139. The Balaban J connectivity index is 1.76. The Morgan fingerprint density at radius 1 is 1.09 bits per heavy atom. The van der Waals surface area contributed by atoms with Crippen molar-refractivity contribution in [3.05, 3.63) is 54.1 Å². The molecule has 1 aromatic heterocycles. The van der Waals surface area contributed by atoms with E-state index in [4.69, 9.17) is 0 Å². The van der Waals surface area contributed by atoms with Gasteiger partial charge in [0.1, 0.15) is 16.4 Å². The second-order valence-corrected chi connectivity index (χ2v) is 10.5. The molecule has 0 saturated carbocycles. The Bertz CT molecular complexity index is 1250. The number of hydrogen-bond donors (Lipinski definition) is 1. The number of alkyl halides is 3. The van der Waals surface area contributed by atoms with Crippen LogP contribution in [0.5, 0.6) is 0 Å². The monoisotopic (exact) mass is 464 g/mol. The highest BCUT2D eigenvalue weighted by atomic mass is 32.2. The zero-order valence-corrected chi connectivity index (χ0v) is 18.3. The van der Waals surface area contributed by atoms with Crippen molar-refractivity contribution in [2.75, 3.05) is 16.8 Å². The fraction of sp³-hybridized carbons (Fsp3) is 0.348. The van der Waals surface area contributed by atoms with E-state index in [0.29, 0.717) is 46.3 Å². The summed E-state index contributed by atoms with van der Waals surface area (Å²) < 4.78 is 64.9. The van der Waals surface area contributed by atoms with E-state index < -0.39 is 22.6 Å². The van der Waals surface area contributed by atoms with Gasteiger partial charge in [0.15, 0.2) is 5.78 Å². The van der Waals surface area contributed by atoms with Gasteiger partial charge in [-0.1, -0.05) is 30.3 Å². The number of anilines is 1. The van der Waals surface area contributed by atoms with Crippen LogP contribution in [0.3, 0.4) is 0 Å². The van der Waals surface area contributed by atoms with Crippen molar-refractivity contribution in [3.8, 4) is 11.3 Å². The Hall–Kier alpha value is -2.81.